The topological polar surface area (TPSA) is 32.8 Å². The second kappa shape index (κ2) is 8.86. The van der Waals surface area contributed by atoms with Gasteiger partial charge in [-0.1, -0.05) is 35.9 Å². The molecule has 1 saturated heterocycles. The van der Waals surface area contributed by atoms with Gasteiger partial charge < -0.3 is 14.5 Å². The molecule has 1 fully saturated rings. The number of likely N-dealkylation sites (N-methyl/N-ethyl adjacent to an activating group) is 1. The minimum atomic E-state index is 0.0465. The quantitative estimate of drug-likeness (QED) is 0.761. The maximum absolute atomic E-state index is 12.7. The van der Waals surface area contributed by atoms with Crippen molar-refractivity contribution in [1.29, 1.82) is 0 Å². The van der Waals surface area contributed by atoms with E-state index in [9.17, 15) is 4.79 Å². The zero-order chi connectivity index (χ0) is 18.4. The van der Waals surface area contributed by atoms with E-state index in [4.69, 9.17) is 4.74 Å². The van der Waals surface area contributed by atoms with Crippen LogP contribution in [0.5, 0.6) is 5.75 Å². The SMILES string of the molecule is Cc1cccc(COc2cccc(C(=O)N(C)CCN3CCCC3)c2)c1. The van der Waals surface area contributed by atoms with Crippen LogP contribution >= 0.6 is 0 Å². The normalized spacial score (nSPS) is 14.4. The lowest BCUT2D eigenvalue weighted by molar-refractivity contribution is 0.0782. The standard InChI is InChI=1S/C22H28N2O2/c1-18-7-5-8-19(15-18)17-26-21-10-6-9-20(16-21)22(25)23(2)13-14-24-11-3-4-12-24/h5-10,15-16H,3-4,11-14,17H2,1-2H3. The molecule has 0 saturated carbocycles. The van der Waals surface area contributed by atoms with Crippen molar-refractivity contribution >= 4 is 5.91 Å². The Kier molecular flexibility index (Phi) is 6.29. The van der Waals surface area contributed by atoms with E-state index in [0.717, 1.165) is 37.5 Å². The molecule has 0 radical (unpaired) electrons. The second-order valence-electron chi connectivity index (χ2n) is 7.08. The molecule has 1 heterocycles. The van der Waals surface area contributed by atoms with Crippen molar-refractivity contribution in [2.75, 3.05) is 33.2 Å². The molecule has 26 heavy (non-hydrogen) atoms. The van der Waals surface area contributed by atoms with Gasteiger partial charge in [0.2, 0.25) is 0 Å². The Morgan fingerprint density at radius 2 is 1.88 bits per heavy atom. The smallest absolute Gasteiger partial charge is 0.253 e. The number of hydrogen-bond donors (Lipinski definition) is 0. The van der Waals surface area contributed by atoms with Gasteiger partial charge >= 0.3 is 0 Å². The van der Waals surface area contributed by atoms with Gasteiger partial charge in [-0.25, -0.2) is 0 Å². The summed E-state index contributed by atoms with van der Waals surface area (Å²) in [5, 5.41) is 0. The molecular weight excluding hydrogens is 324 g/mol. The fourth-order valence-corrected chi connectivity index (χ4v) is 3.31. The van der Waals surface area contributed by atoms with Crippen LogP contribution in [0.15, 0.2) is 48.5 Å². The fraction of sp³-hybridized carbons (Fsp3) is 0.409. The molecular formula is C22H28N2O2. The molecule has 1 amide bonds. The molecule has 0 bridgehead atoms. The number of likely N-dealkylation sites (tertiary alicyclic amines) is 1. The Morgan fingerprint density at radius 3 is 2.65 bits per heavy atom. The summed E-state index contributed by atoms with van der Waals surface area (Å²) in [5.74, 6) is 0.774. The summed E-state index contributed by atoms with van der Waals surface area (Å²) in [6.07, 6.45) is 2.55. The summed E-state index contributed by atoms with van der Waals surface area (Å²) in [6, 6.07) is 15.7. The summed E-state index contributed by atoms with van der Waals surface area (Å²) in [6.45, 7) is 6.60. The Hall–Kier alpha value is -2.33. The molecule has 0 N–H and O–H groups in total. The second-order valence-corrected chi connectivity index (χ2v) is 7.08. The third-order valence-corrected chi connectivity index (χ3v) is 4.87. The van der Waals surface area contributed by atoms with Crippen molar-refractivity contribution in [3.63, 3.8) is 0 Å². The van der Waals surface area contributed by atoms with Crippen molar-refractivity contribution < 1.29 is 9.53 Å². The zero-order valence-electron chi connectivity index (χ0n) is 15.8. The number of carbonyl (C=O) groups excluding carboxylic acids is 1. The van der Waals surface area contributed by atoms with E-state index in [1.165, 1.54) is 18.4 Å². The summed E-state index contributed by atoms with van der Waals surface area (Å²) >= 11 is 0. The molecule has 138 valence electrons. The van der Waals surface area contributed by atoms with E-state index in [1.54, 1.807) is 4.90 Å². The Labute approximate surface area is 156 Å². The molecule has 4 nitrogen and oxygen atoms in total. The zero-order valence-corrected chi connectivity index (χ0v) is 15.8. The molecule has 0 aliphatic carbocycles. The van der Waals surface area contributed by atoms with Crippen LogP contribution in [-0.2, 0) is 6.61 Å². The lowest BCUT2D eigenvalue weighted by Gasteiger charge is -2.21. The number of nitrogens with zero attached hydrogens (tertiary/aromatic N) is 2. The number of carbonyl (C=O) groups is 1. The summed E-state index contributed by atoms with van der Waals surface area (Å²) in [4.78, 5) is 16.9. The highest BCUT2D eigenvalue weighted by molar-refractivity contribution is 5.94. The molecule has 2 aromatic rings. The van der Waals surface area contributed by atoms with Gasteiger partial charge in [0, 0.05) is 25.7 Å². The van der Waals surface area contributed by atoms with Gasteiger partial charge in [0.25, 0.3) is 5.91 Å². The van der Waals surface area contributed by atoms with Crippen molar-refractivity contribution in [1.82, 2.24) is 9.80 Å². The average Bonchev–Trinajstić information content (AvgIpc) is 3.18. The highest BCUT2D eigenvalue weighted by Gasteiger charge is 2.16. The predicted molar refractivity (Wildman–Crippen MR) is 105 cm³/mol. The van der Waals surface area contributed by atoms with E-state index >= 15 is 0 Å². The third kappa shape index (κ3) is 5.09. The predicted octanol–water partition coefficient (Wildman–Crippen LogP) is 3.74. The van der Waals surface area contributed by atoms with Crippen LogP contribution in [0.25, 0.3) is 0 Å². The minimum absolute atomic E-state index is 0.0465. The van der Waals surface area contributed by atoms with Gasteiger partial charge in [0.1, 0.15) is 12.4 Å². The lowest BCUT2D eigenvalue weighted by Crippen LogP contribution is -2.35. The highest BCUT2D eigenvalue weighted by atomic mass is 16.5. The number of hydrogen-bond acceptors (Lipinski definition) is 3. The van der Waals surface area contributed by atoms with E-state index in [-0.39, 0.29) is 5.91 Å². The maximum Gasteiger partial charge on any atom is 0.253 e. The first kappa shape index (κ1) is 18.5. The maximum atomic E-state index is 12.7. The van der Waals surface area contributed by atoms with Crippen molar-refractivity contribution in [2.45, 2.75) is 26.4 Å². The average molecular weight is 352 g/mol. The Morgan fingerprint density at radius 1 is 1.12 bits per heavy atom. The molecule has 0 atom stereocenters. The minimum Gasteiger partial charge on any atom is -0.489 e. The first-order valence-corrected chi connectivity index (χ1v) is 9.38. The van der Waals surface area contributed by atoms with Crippen LogP contribution < -0.4 is 4.74 Å². The number of benzene rings is 2. The molecule has 3 rings (SSSR count). The molecule has 0 aromatic heterocycles. The number of ether oxygens (including phenoxy) is 1. The van der Waals surface area contributed by atoms with E-state index in [1.807, 2.05) is 43.4 Å². The van der Waals surface area contributed by atoms with Crippen molar-refractivity contribution in [3.05, 3.63) is 65.2 Å². The lowest BCUT2D eigenvalue weighted by atomic mass is 10.1. The highest BCUT2D eigenvalue weighted by Crippen LogP contribution is 2.17. The number of aryl methyl sites for hydroxylation is 1. The van der Waals surface area contributed by atoms with Gasteiger partial charge in [0.15, 0.2) is 0 Å². The largest absolute Gasteiger partial charge is 0.489 e. The fourth-order valence-electron chi connectivity index (χ4n) is 3.31. The van der Waals surface area contributed by atoms with Gasteiger partial charge in [0.05, 0.1) is 0 Å². The van der Waals surface area contributed by atoms with Crippen molar-refractivity contribution in [3.8, 4) is 5.75 Å². The molecule has 0 unspecified atom stereocenters. The van der Waals surface area contributed by atoms with Crippen LogP contribution in [-0.4, -0.2) is 48.9 Å². The monoisotopic (exact) mass is 352 g/mol. The van der Waals surface area contributed by atoms with E-state index in [0.29, 0.717) is 12.2 Å². The Balaban J connectivity index is 1.56. The van der Waals surface area contributed by atoms with Gasteiger partial charge in [-0.05, 0) is 56.6 Å². The van der Waals surface area contributed by atoms with E-state index < -0.39 is 0 Å². The molecule has 4 heteroatoms. The van der Waals surface area contributed by atoms with Crippen LogP contribution in [0.1, 0.15) is 34.3 Å². The van der Waals surface area contributed by atoms with Gasteiger partial charge in [-0.2, -0.15) is 0 Å². The van der Waals surface area contributed by atoms with Crippen molar-refractivity contribution in [2.24, 2.45) is 0 Å². The first-order valence-electron chi connectivity index (χ1n) is 9.38. The van der Waals surface area contributed by atoms with Crippen LogP contribution in [0.2, 0.25) is 0 Å². The molecule has 1 aliphatic heterocycles. The van der Waals surface area contributed by atoms with Gasteiger partial charge in [-0.15, -0.1) is 0 Å². The summed E-state index contributed by atoms with van der Waals surface area (Å²) in [7, 11) is 1.87. The van der Waals surface area contributed by atoms with E-state index in [2.05, 4.69) is 24.0 Å². The number of amides is 1. The Bertz CT molecular complexity index is 738. The van der Waals surface area contributed by atoms with Crippen LogP contribution in [0.3, 0.4) is 0 Å². The van der Waals surface area contributed by atoms with Crippen LogP contribution in [0, 0.1) is 6.92 Å². The van der Waals surface area contributed by atoms with Crippen LogP contribution in [0.4, 0.5) is 0 Å². The molecule has 0 spiro atoms. The summed E-state index contributed by atoms with van der Waals surface area (Å²) in [5.41, 5.74) is 3.02. The van der Waals surface area contributed by atoms with Gasteiger partial charge in [-0.3, -0.25) is 4.79 Å². The number of rotatable bonds is 7. The molecule has 2 aromatic carbocycles. The third-order valence-electron chi connectivity index (χ3n) is 4.87. The summed E-state index contributed by atoms with van der Waals surface area (Å²) < 4.78 is 5.88. The molecule has 1 aliphatic rings. The first-order chi connectivity index (χ1) is 12.6.